The molecular formula is C15H19N3O. The van der Waals surface area contributed by atoms with Gasteiger partial charge in [0.15, 0.2) is 0 Å². The Balaban J connectivity index is 2.55. The summed E-state index contributed by atoms with van der Waals surface area (Å²) in [6.07, 6.45) is 0.853. The largest absolute Gasteiger partial charge is 0.324 e. The fourth-order valence-corrected chi connectivity index (χ4v) is 2.21. The van der Waals surface area contributed by atoms with E-state index in [1.807, 2.05) is 31.2 Å². The van der Waals surface area contributed by atoms with Crippen LogP contribution in [0, 0.1) is 6.92 Å². The Bertz CT molecular complexity index is 608. The smallest absolute Gasteiger partial charge is 0.238 e. The maximum atomic E-state index is 11.8. The zero-order valence-electron chi connectivity index (χ0n) is 11.6. The van der Waals surface area contributed by atoms with Crippen molar-refractivity contribution in [2.75, 3.05) is 18.9 Å². The van der Waals surface area contributed by atoms with Crippen molar-refractivity contribution in [1.82, 2.24) is 10.3 Å². The predicted octanol–water partition coefficient (Wildman–Crippen LogP) is 2.26. The molecule has 0 atom stereocenters. The van der Waals surface area contributed by atoms with Gasteiger partial charge in [-0.15, -0.1) is 0 Å². The van der Waals surface area contributed by atoms with E-state index in [2.05, 4.69) is 22.5 Å². The van der Waals surface area contributed by atoms with Gasteiger partial charge < -0.3 is 10.6 Å². The summed E-state index contributed by atoms with van der Waals surface area (Å²) < 4.78 is 0. The van der Waals surface area contributed by atoms with Crippen molar-refractivity contribution >= 4 is 22.5 Å². The van der Waals surface area contributed by atoms with Crippen LogP contribution in [0.15, 0.2) is 24.3 Å². The van der Waals surface area contributed by atoms with E-state index in [0.29, 0.717) is 6.54 Å². The molecule has 0 unspecified atom stereocenters. The molecule has 0 aliphatic carbocycles. The zero-order valence-corrected chi connectivity index (χ0v) is 11.6. The van der Waals surface area contributed by atoms with E-state index in [9.17, 15) is 4.79 Å². The first-order valence-electron chi connectivity index (χ1n) is 6.50. The van der Waals surface area contributed by atoms with Crippen LogP contribution < -0.4 is 10.6 Å². The number of nitrogens with zero attached hydrogens (tertiary/aromatic N) is 1. The van der Waals surface area contributed by atoms with Crippen LogP contribution in [0.2, 0.25) is 0 Å². The molecule has 1 amide bonds. The Morgan fingerprint density at radius 2 is 2.05 bits per heavy atom. The van der Waals surface area contributed by atoms with Crippen molar-refractivity contribution in [1.29, 1.82) is 0 Å². The minimum Gasteiger partial charge on any atom is -0.324 e. The molecule has 0 radical (unpaired) electrons. The van der Waals surface area contributed by atoms with Crippen LogP contribution in [-0.2, 0) is 11.2 Å². The van der Waals surface area contributed by atoms with Gasteiger partial charge in [-0.25, -0.2) is 0 Å². The minimum absolute atomic E-state index is 0.0380. The monoisotopic (exact) mass is 257 g/mol. The molecule has 0 saturated carbocycles. The Kier molecular flexibility index (Phi) is 4.12. The number of fused-ring (bicyclic) bond motifs is 1. The number of hydrogen-bond donors (Lipinski definition) is 2. The molecule has 1 heterocycles. The topological polar surface area (TPSA) is 54.0 Å². The average Bonchev–Trinajstić information content (AvgIpc) is 2.42. The van der Waals surface area contributed by atoms with E-state index in [-0.39, 0.29) is 5.91 Å². The maximum absolute atomic E-state index is 11.8. The molecule has 0 aliphatic heterocycles. The predicted molar refractivity (Wildman–Crippen MR) is 78.4 cm³/mol. The van der Waals surface area contributed by atoms with E-state index in [1.54, 1.807) is 7.05 Å². The molecule has 2 aromatic rings. The Morgan fingerprint density at radius 1 is 1.32 bits per heavy atom. The molecule has 1 aromatic carbocycles. The SMILES string of the molecule is CCc1nc2ccccc2c(NC(=O)CNC)c1C. The second-order valence-corrected chi connectivity index (χ2v) is 4.51. The van der Waals surface area contributed by atoms with Crippen LogP contribution in [0.4, 0.5) is 5.69 Å². The Hall–Kier alpha value is -1.94. The average molecular weight is 257 g/mol. The summed E-state index contributed by atoms with van der Waals surface area (Å²) in [5, 5.41) is 6.83. The van der Waals surface area contributed by atoms with Gasteiger partial charge >= 0.3 is 0 Å². The van der Waals surface area contributed by atoms with Crippen LogP contribution in [0.25, 0.3) is 10.9 Å². The fourth-order valence-electron chi connectivity index (χ4n) is 2.21. The van der Waals surface area contributed by atoms with E-state index in [0.717, 1.165) is 34.3 Å². The highest BCUT2D eigenvalue weighted by molar-refractivity contribution is 6.03. The van der Waals surface area contributed by atoms with E-state index >= 15 is 0 Å². The van der Waals surface area contributed by atoms with Gasteiger partial charge in [0, 0.05) is 11.1 Å². The first-order chi connectivity index (χ1) is 9.17. The first-order valence-corrected chi connectivity index (χ1v) is 6.50. The van der Waals surface area contributed by atoms with Gasteiger partial charge in [-0.1, -0.05) is 25.1 Å². The number of likely N-dealkylation sites (N-methyl/N-ethyl adjacent to an activating group) is 1. The molecule has 1 aromatic heterocycles. The van der Waals surface area contributed by atoms with Crippen molar-refractivity contribution < 1.29 is 4.79 Å². The molecule has 0 aliphatic rings. The number of aryl methyl sites for hydroxylation is 1. The number of aromatic nitrogens is 1. The molecular weight excluding hydrogens is 238 g/mol. The van der Waals surface area contributed by atoms with Crippen molar-refractivity contribution in [3.05, 3.63) is 35.5 Å². The van der Waals surface area contributed by atoms with Crippen LogP contribution in [-0.4, -0.2) is 24.5 Å². The zero-order chi connectivity index (χ0) is 13.8. The number of anilines is 1. The van der Waals surface area contributed by atoms with Crippen molar-refractivity contribution in [2.24, 2.45) is 0 Å². The number of para-hydroxylation sites is 1. The Labute approximate surface area is 113 Å². The summed E-state index contributed by atoms with van der Waals surface area (Å²) >= 11 is 0. The molecule has 0 saturated heterocycles. The van der Waals surface area contributed by atoms with E-state index in [4.69, 9.17) is 0 Å². The van der Waals surface area contributed by atoms with Crippen LogP contribution in [0.1, 0.15) is 18.2 Å². The van der Waals surface area contributed by atoms with Gasteiger partial charge in [-0.3, -0.25) is 9.78 Å². The van der Waals surface area contributed by atoms with Gasteiger partial charge in [0.25, 0.3) is 0 Å². The van der Waals surface area contributed by atoms with Gasteiger partial charge in [-0.05, 0) is 32.0 Å². The van der Waals surface area contributed by atoms with Crippen LogP contribution in [0.3, 0.4) is 0 Å². The number of amides is 1. The summed E-state index contributed by atoms with van der Waals surface area (Å²) in [5.74, 6) is -0.0380. The number of pyridine rings is 1. The lowest BCUT2D eigenvalue weighted by Gasteiger charge is -2.14. The number of hydrogen-bond acceptors (Lipinski definition) is 3. The standard InChI is InChI=1S/C15H19N3O/c1-4-12-10(2)15(18-14(19)9-16-3)11-7-5-6-8-13(11)17-12/h5-8,16H,4,9H2,1-3H3,(H,17,18,19). The lowest BCUT2D eigenvalue weighted by atomic mass is 10.1. The fraction of sp³-hybridized carbons (Fsp3) is 0.333. The summed E-state index contributed by atoms with van der Waals surface area (Å²) in [6.45, 7) is 4.38. The maximum Gasteiger partial charge on any atom is 0.238 e. The number of carbonyl (C=O) groups excluding carboxylic acids is 1. The molecule has 4 heteroatoms. The highest BCUT2D eigenvalue weighted by atomic mass is 16.1. The van der Waals surface area contributed by atoms with Gasteiger partial charge in [0.2, 0.25) is 5.91 Å². The lowest BCUT2D eigenvalue weighted by molar-refractivity contribution is -0.115. The van der Waals surface area contributed by atoms with Gasteiger partial charge in [0.1, 0.15) is 0 Å². The number of benzene rings is 1. The summed E-state index contributed by atoms with van der Waals surface area (Å²) in [4.78, 5) is 16.5. The molecule has 2 rings (SSSR count). The van der Waals surface area contributed by atoms with Gasteiger partial charge in [0.05, 0.1) is 17.7 Å². The highest BCUT2D eigenvalue weighted by Gasteiger charge is 2.12. The normalized spacial score (nSPS) is 10.7. The quantitative estimate of drug-likeness (QED) is 0.883. The van der Waals surface area contributed by atoms with Crippen LogP contribution in [0.5, 0.6) is 0 Å². The number of nitrogens with one attached hydrogen (secondary N) is 2. The third kappa shape index (κ3) is 2.74. The minimum atomic E-state index is -0.0380. The third-order valence-electron chi connectivity index (χ3n) is 3.17. The van der Waals surface area contributed by atoms with Crippen LogP contribution >= 0.6 is 0 Å². The third-order valence-corrected chi connectivity index (χ3v) is 3.17. The lowest BCUT2D eigenvalue weighted by Crippen LogP contribution is -2.25. The molecule has 4 nitrogen and oxygen atoms in total. The van der Waals surface area contributed by atoms with Gasteiger partial charge in [-0.2, -0.15) is 0 Å². The molecule has 0 spiro atoms. The van der Waals surface area contributed by atoms with Crippen molar-refractivity contribution in [3.63, 3.8) is 0 Å². The second-order valence-electron chi connectivity index (χ2n) is 4.51. The summed E-state index contributed by atoms with van der Waals surface area (Å²) in [7, 11) is 1.76. The Morgan fingerprint density at radius 3 is 2.74 bits per heavy atom. The first kappa shape index (κ1) is 13.5. The highest BCUT2D eigenvalue weighted by Crippen LogP contribution is 2.28. The number of carbonyl (C=O) groups is 1. The molecule has 0 fully saturated rings. The summed E-state index contributed by atoms with van der Waals surface area (Å²) in [6, 6.07) is 7.89. The van der Waals surface area contributed by atoms with Crippen molar-refractivity contribution in [2.45, 2.75) is 20.3 Å². The molecule has 2 N–H and O–H groups in total. The van der Waals surface area contributed by atoms with E-state index < -0.39 is 0 Å². The second kappa shape index (κ2) is 5.80. The molecule has 0 bridgehead atoms. The summed E-state index contributed by atoms with van der Waals surface area (Å²) in [5.41, 5.74) is 3.87. The van der Waals surface area contributed by atoms with E-state index in [1.165, 1.54) is 0 Å². The number of rotatable bonds is 4. The molecule has 100 valence electrons. The van der Waals surface area contributed by atoms with Crippen molar-refractivity contribution in [3.8, 4) is 0 Å². The molecule has 19 heavy (non-hydrogen) atoms.